The zero-order valence-electron chi connectivity index (χ0n) is 13.1. The molecule has 1 aliphatic carbocycles. The lowest BCUT2D eigenvalue weighted by Crippen LogP contribution is -2.36. The molecule has 1 N–H and O–H groups in total. The van der Waals surface area contributed by atoms with Gasteiger partial charge in [-0.3, -0.25) is 9.78 Å². The molecule has 1 aromatic rings. The largest absolute Gasteiger partial charge is 0.361 e. The van der Waals surface area contributed by atoms with E-state index in [1.54, 1.807) is 12.4 Å². The third-order valence-corrected chi connectivity index (χ3v) is 4.40. The van der Waals surface area contributed by atoms with E-state index in [2.05, 4.69) is 30.2 Å². The van der Waals surface area contributed by atoms with Gasteiger partial charge in [-0.15, -0.1) is 0 Å². The molecular formula is C18H19N3O. The topological polar surface area (TPSA) is 65.8 Å². The lowest BCUT2D eigenvalue weighted by Gasteiger charge is -2.38. The number of carbonyl (C=O) groups is 1. The van der Waals surface area contributed by atoms with Crippen LogP contribution in [0, 0.1) is 16.7 Å². The summed E-state index contributed by atoms with van der Waals surface area (Å²) in [7, 11) is 0. The van der Waals surface area contributed by atoms with Crippen molar-refractivity contribution in [1.29, 1.82) is 5.26 Å². The first-order valence-corrected chi connectivity index (χ1v) is 7.47. The number of carbonyl (C=O) groups excluding carboxylic acids is 1. The van der Waals surface area contributed by atoms with Gasteiger partial charge in [0, 0.05) is 35.8 Å². The highest BCUT2D eigenvalue weighted by Crippen LogP contribution is 2.46. The first-order valence-electron chi connectivity index (χ1n) is 7.47. The second-order valence-corrected chi connectivity index (χ2v) is 6.82. The molecule has 22 heavy (non-hydrogen) atoms. The van der Waals surface area contributed by atoms with Crippen LogP contribution in [0.15, 0.2) is 47.1 Å². The van der Waals surface area contributed by atoms with Gasteiger partial charge in [0.15, 0.2) is 5.78 Å². The molecule has 2 aliphatic rings. The Kier molecular flexibility index (Phi) is 3.37. The number of hydrogen-bond donors (Lipinski definition) is 1. The molecule has 1 aromatic heterocycles. The summed E-state index contributed by atoms with van der Waals surface area (Å²) in [4.78, 5) is 16.8. The summed E-state index contributed by atoms with van der Waals surface area (Å²) in [6.07, 6.45) is 4.76. The zero-order chi connectivity index (χ0) is 15.9. The van der Waals surface area contributed by atoms with Crippen LogP contribution in [0.3, 0.4) is 0 Å². The lowest BCUT2D eigenvalue weighted by molar-refractivity contribution is -0.118. The van der Waals surface area contributed by atoms with E-state index in [0.717, 1.165) is 29.0 Å². The Morgan fingerprint density at radius 2 is 2.00 bits per heavy atom. The van der Waals surface area contributed by atoms with Crippen LogP contribution in [-0.2, 0) is 4.79 Å². The number of aromatic nitrogens is 1. The summed E-state index contributed by atoms with van der Waals surface area (Å²) in [5, 5.41) is 12.9. The molecule has 0 amide bonds. The number of ketones is 1. The van der Waals surface area contributed by atoms with Gasteiger partial charge in [-0.05, 0) is 36.5 Å². The minimum absolute atomic E-state index is 0.0455. The summed E-state index contributed by atoms with van der Waals surface area (Å²) in [6, 6.07) is 6.06. The van der Waals surface area contributed by atoms with Crippen molar-refractivity contribution in [2.75, 3.05) is 0 Å². The van der Waals surface area contributed by atoms with Crippen molar-refractivity contribution in [3.8, 4) is 6.07 Å². The van der Waals surface area contributed by atoms with Crippen LogP contribution in [0.1, 0.15) is 45.1 Å². The van der Waals surface area contributed by atoms with Crippen molar-refractivity contribution in [1.82, 2.24) is 10.3 Å². The first-order chi connectivity index (χ1) is 10.4. The van der Waals surface area contributed by atoms with E-state index in [1.807, 2.05) is 19.1 Å². The van der Waals surface area contributed by atoms with Crippen LogP contribution >= 0.6 is 0 Å². The summed E-state index contributed by atoms with van der Waals surface area (Å²) in [5.41, 5.74) is 4.10. The van der Waals surface area contributed by atoms with E-state index >= 15 is 0 Å². The number of hydrogen-bond acceptors (Lipinski definition) is 4. The van der Waals surface area contributed by atoms with E-state index in [4.69, 9.17) is 0 Å². The third kappa shape index (κ3) is 2.33. The minimum Gasteiger partial charge on any atom is -0.361 e. The van der Waals surface area contributed by atoms with E-state index in [9.17, 15) is 10.1 Å². The molecule has 0 aromatic carbocycles. The van der Waals surface area contributed by atoms with E-state index in [-0.39, 0.29) is 17.1 Å². The molecule has 0 radical (unpaired) electrons. The number of pyridine rings is 1. The van der Waals surface area contributed by atoms with Crippen LogP contribution in [0.25, 0.3) is 0 Å². The van der Waals surface area contributed by atoms with Crippen molar-refractivity contribution in [2.24, 2.45) is 5.41 Å². The average Bonchev–Trinajstić information content (AvgIpc) is 2.45. The second-order valence-electron chi connectivity index (χ2n) is 6.82. The van der Waals surface area contributed by atoms with Crippen molar-refractivity contribution in [2.45, 2.75) is 39.5 Å². The van der Waals surface area contributed by atoms with Gasteiger partial charge in [0.2, 0.25) is 0 Å². The summed E-state index contributed by atoms with van der Waals surface area (Å²) >= 11 is 0. The van der Waals surface area contributed by atoms with Crippen molar-refractivity contribution >= 4 is 5.78 Å². The molecule has 112 valence electrons. The highest BCUT2D eigenvalue weighted by atomic mass is 16.1. The van der Waals surface area contributed by atoms with Crippen molar-refractivity contribution in [3.05, 3.63) is 52.6 Å². The van der Waals surface area contributed by atoms with Gasteiger partial charge in [0.25, 0.3) is 0 Å². The van der Waals surface area contributed by atoms with Crippen LogP contribution < -0.4 is 5.32 Å². The summed E-state index contributed by atoms with van der Waals surface area (Å²) < 4.78 is 0. The molecule has 0 bridgehead atoms. The fourth-order valence-corrected chi connectivity index (χ4v) is 3.47. The maximum absolute atomic E-state index is 12.8. The normalized spacial score (nSPS) is 23.7. The summed E-state index contributed by atoms with van der Waals surface area (Å²) in [5.74, 6) is -0.131. The highest BCUT2D eigenvalue weighted by Gasteiger charge is 2.40. The molecule has 0 saturated carbocycles. The highest BCUT2D eigenvalue weighted by molar-refractivity contribution is 6.00. The molecule has 1 atom stereocenters. The number of nitrogens with one attached hydrogen (secondary N) is 1. The smallest absolute Gasteiger partial charge is 0.162 e. The van der Waals surface area contributed by atoms with Crippen molar-refractivity contribution in [3.63, 3.8) is 0 Å². The van der Waals surface area contributed by atoms with Crippen molar-refractivity contribution < 1.29 is 4.79 Å². The zero-order valence-corrected chi connectivity index (χ0v) is 13.1. The van der Waals surface area contributed by atoms with Gasteiger partial charge in [0.1, 0.15) is 0 Å². The Morgan fingerprint density at radius 3 is 2.64 bits per heavy atom. The number of dihydropyridines is 1. The van der Waals surface area contributed by atoms with E-state index in [0.29, 0.717) is 12.0 Å². The predicted octanol–water partition coefficient (Wildman–Crippen LogP) is 3.21. The maximum atomic E-state index is 12.8. The minimum atomic E-state index is -0.271. The van der Waals surface area contributed by atoms with Gasteiger partial charge < -0.3 is 5.32 Å². The maximum Gasteiger partial charge on any atom is 0.162 e. The Bertz CT molecular complexity index is 735. The Balaban J connectivity index is 2.18. The number of nitrogens with zero attached hydrogens (tertiary/aromatic N) is 2. The predicted molar refractivity (Wildman–Crippen MR) is 83.5 cm³/mol. The van der Waals surface area contributed by atoms with Crippen LogP contribution in [0.4, 0.5) is 0 Å². The SMILES string of the molecule is CC1=C(C#N)[C@@H](c2ccncc2)C2=C(CC(C)(C)CC2=O)N1. The second kappa shape index (κ2) is 5.10. The van der Waals surface area contributed by atoms with Crippen LogP contribution in [0.5, 0.6) is 0 Å². The van der Waals surface area contributed by atoms with E-state index in [1.165, 1.54) is 0 Å². The Labute approximate surface area is 130 Å². The van der Waals surface area contributed by atoms with Crippen LogP contribution in [-0.4, -0.2) is 10.8 Å². The standard InChI is InChI=1S/C18H19N3O/c1-11-13(10-19)16(12-4-6-20-7-5-12)17-14(21-11)8-18(2,3)9-15(17)22/h4-7,16,21H,8-9H2,1-3H3/t16-/m1/s1. The average molecular weight is 293 g/mol. The molecule has 2 heterocycles. The molecule has 1 aliphatic heterocycles. The molecule has 0 saturated heterocycles. The molecule has 0 fully saturated rings. The third-order valence-electron chi connectivity index (χ3n) is 4.40. The van der Waals surface area contributed by atoms with Crippen LogP contribution in [0.2, 0.25) is 0 Å². The molecule has 4 heteroatoms. The lowest BCUT2D eigenvalue weighted by atomic mass is 9.69. The Hall–Kier alpha value is -2.41. The van der Waals surface area contributed by atoms with Gasteiger partial charge in [-0.25, -0.2) is 0 Å². The number of allylic oxidation sites excluding steroid dienone is 4. The van der Waals surface area contributed by atoms with E-state index < -0.39 is 0 Å². The summed E-state index contributed by atoms with van der Waals surface area (Å²) in [6.45, 7) is 6.12. The molecular weight excluding hydrogens is 274 g/mol. The Morgan fingerprint density at radius 1 is 1.32 bits per heavy atom. The molecule has 0 unspecified atom stereocenters. The fraction of sp³-hybridized carbons (Fsp3) is 0.389. The molecule has 4 nitrogen and oxygen atoms in total. The number of nitriles is 1. The quantitative estimate of drug-likeness (QED) is 0.863. The van der Waals surface area contributed by atoms with Gasteiger partial charge in [0.05, 0.1) is 17.6 Å². The van der Waals surface area contributed by atoms with Gasteiger partial charge in [-0.2, -0.15) is 5.26 Å². The van der Waals surface area contributed by atoms with Gasteiger partial charge >= 0.3 is 0 Å². The monoisotopic (exact) mass is 293 g/mol. The molecule has 3 rings (SSSR count). The fourth-order valence-electron chi connectivity index (χ4n) is 3.47. The number of Topliss-reactive ketones (excluding diaryl/α,β-unsaturated/α-hetero) is 1. The molecule has 0 spiro atoms. The number of rotatable bonds is 1. The first kappa shape index (κ1) is 14.5. The van der Waals surface area contributed by atoms with Gasteiger partial charge in [-0.1, -0.05) is 13.8 Å².